The van der Waals surface area contributed by atoms with E-state index in [4.69, 9.17) is 25.9 Å². The summed E-state index contributed by atoms with van der Waals surface area (Å²) in [6, 6.07) is 17.6. The summed E-state index contributed by atoms with van der Waals surface area (Å²) >= 11 is 6.07. The number of carbonyl (C=O) groups excluding carboxylic acids is 2. The highest BCUT2D eigenvalue weighted by Gasteiger charge is 2.21. The van der Waals surface area contributed by atoms with Crippen molar-refractivity contribution in [2.75, 3.05) is 6.61 Å². The molecule has 1 heterocycles. The second-order valence-corrected chi connectivity index (χ2v) is 7.86. The van der Waals surface area contributed by atoms with Crippen LogP contribution in [0.1, 0.15) is 35.2 Å². The van der Waals surface area contributed by atoms with E-state index in [-0.39, 0.29) is 31.0 Å². The lowest BCUT2D eigenvalue weighted by atomic mass is 9.99. The number of ether oxygens (including phenoxy) is 1. The third kappa shape index (κ3) is 7.22. The number of rotatable bonds is 10. The predicted molar refractivity (Wildman–Crippen MR) is 123 cm³/mol. The minimum Gasteiger partial charge on any atom is -0.481 e. The molecule has 0 aliphatic heterocycles. The van der Waals surface area contributed by atoms with E-state index >= 15 is 0 Å². The zero-order valence-electron chi connectivity index (χ0n) is 18.0. The SMILES string of the molecule is CCOC(=O)C[C@@H](Cc1ccc(-c2cccc(Cl)c2)cc1)NC(=O)c1ccc(CC(=O)O)o1. The van der Waals surface area contributed by atoms with Gasteiger partial charge >= 0.3 is 11.9 Å². The molecule has 0 bridgehead atoms. The summed E-state index contributed by atoms with van der Waals surface area (Å²) < 4.78 is 10.4. The number of carboxylic acids is 1. The van der Waals surface area contributed by atoms with Crippen molar-refractivity contribution in [1.29, 1.82) is 0 Å². The Hall–Kier alpha value is -3.58. The molecule has 0 unspecified atom stereocenters. The van der Waals surface area contributed by atoms with Crippen LogP contribution in [0.5, 0.6) is 0 Å². The smallest absolute Gasteiger partial charge is 0.311 e. The van der Waals surface area contributed by atoms with Crippen molar-refractivity contribution in [3.8, 4) is 11.1 Å². The first kappa shape index (κ1) is 24.1. The van der Waals surface area contributed by atoms with Crippen LogP contribution in [0.2, 0.25) is 5.02 Å². The van der Waals surface area contributed by atoms with E-state index < -0.39 is 23.9 Å². The van der Waals surface area contributed by atoms with Crippen LogP contribution in [0.3, 0.4) is 0 Å². The van der Waals surface area contributed by atoms with Crippen LogP contribution in [-0.4, -0.2) is 35.6 Å². The van der Waals surface area contributed by atoms with Crippen LogP contribution in [0.4, 0.5) is 0 Å². The molecule has 0 saturated carbocycles. The molecule has 0 fully saturated rings. The van der Waals surface area contributed by atoms with Gasteiger partial charge in [0.2, 0.25) is 0 Å². The Balaban J connectivity index is 1.72. The molecule has 7 nitrogen and oxygen atoms in total. The van der Waals surface area contributed by atoms with Crippen LogP contribution in [0.25, 0.3) is 11.1 Å². The molecule has 1 amide bonds. The minimum atomic E-state index is -1.06. The highest BCUT2D eigenvalue weighted by Crippen LogP contribution is 2.23. The molecule has 3 rings (SSSR count). The van der Waals surface area contributed by atoms with Crippen LogP contribution in [0, 0.1) is 0 Å². The van der Waals surface area contributed by atoms with Crippen LogP contribution in [-0.2, 0) is 27.2 Å². The van der Waals surface area contributed by atoms with E-state index in [0.29, 0.717) is 11.4 Å². The van der Waals surface area contributed by atoms with E-state index in [1.165, 1.54) is 12.1 Å². The topological polar surface area (TPSA) is 106 Å². The fraction of sp³-hybridized carbons (Fsp3) is 0.240. The van der Waals surface area contributed by atoms with Crippen LogP contribution in [0.15, 0.2) is 65.1 Å². The van der Waals surface area contributed by atoms with E-state index in [1.807, 2.05) is 48.5 Å². The summed E-state index contributed by atoms with van der Waals surface area (Å²) in [6.07, 6.45) is 0.0555. The number of halogens is 1. The van der Waals surface area contributed by atoms with E-state index in [9.17, 15) is 14.4 Å². The third-order valence-corrected chi connectivity index (χ3v) is 5.09. The Morgan fingerprint density at radius 2 is 1.82 bits per heavy atom. The molecule has 0 saturated heterocycles. The minimum absolute atomic E-state index is 0.0156. The average molecular weight is 470 g/mol. The number of hydrogen-bond acceptors (Lipinski definition) is 5. The van der Waals surface area contributed by atoms with Crippen LogP contribution >= 0.6 is 11.6 Å². The number of benzene rings is 2. The summed E-state index contributed by atoms with van der Waals surface area (Å²) in [5.41, 5.74) is 2.90. The van der Waals surface area contributed by atoms with Crippen molar-refractivity contribution < 1.29 is 28.6 Å². The molecule has 1 atom stereocenters. The number of amides is 1. The largest absolute Gasteiger partial charge is 0.481 e. The first-order valence-electron chi connectivity index (χ1n) is 10.5. The Bertz CT molecular complexity index is 1120. The maximum Gasteiger partial charge on any atom is 0.311 e. The van der Waals surface area contributed by atoms with E-state index in [0.717, 1.165) is 16.7 Å². The van der Waals surface area contributed by atoms with Crippen molar-refractivity contribution in [3.05, 3.63) is 82.8 Å². The third-order valence-electron chi connectivity index (χ3n) is 4.86. The molecule has 0 aliphatic rings. The van der Waals surface area contributed by atoms with Gasteiger partial charge < -0.3 is 19.6 Å². The van der Waals surface area contributed by atoms with Gasteiger partial charge in [0.05, 0.1) is 13.0 Å². The maximum absolute atomic E-state index is 12.6. The zero-order chi connectivity index (χ0) is 23.8. The Morgan fingerprint density at radius 1 is 1.06 bits per heavy atom. The molecule has 0 aliphatic carbocycles. The molecule has 1 aromatic heterocycles. The quantitative estimate of drug-likeness (QED) is 0.423. The zero-order valence-corrected chi connectivity index (χ0v) is 18.8. The molecular weight excluding hydrogens is 446 g/mol. The highest BCUT2D eigenvalue weighted by molar-refractivity contribution is 6.30. The number of furan rings is 1. The van der Waals surface area contributed by atoms with Gasteiger partial charge in [0, 0.05) is 11.1 Å². The molecule has 3 aromatic rings. The Morgan fingerprint density at radius 3 is 2.48 bits per heavy atom. The van der Waals surface area contributed by atoms with Gasteiger partial charge in [-0.05, 0) is 54.3 Å². The van der Waals surface area contributed by atoms with Gasteiger partial charge in [-0.25, -0.2) is 0 Å². The second-order valence-electron chi connectivity index (χ2n) is 7.43. The molecule has 172 valence electrons. The molecule has 2 aromatic carbocycles. The van der Waals surface area contributed by atoms with Gasteiger partial charge in [0.1, 0.15) is 12.2 Å². The van der Waals surface area contributed by atoms with Crippen molar-refractivity contribution in [3.63, 3.8) is 0 Å². The first-order valence-corrected chi connectivity index (χ1v) is 10.8. The predicted octanol–water partition coefficient (Wildman–Crippen LogP) is 4.52. The number of carboxylic acid groups (broad SMARTS) is 1. The number of nitrogens with one attached hydrogen (secondary N) is 1. The summed E-state index contributed by atoms with van der Waals surface area (Å²) in [6.45, 7) is 1.96. The summed E-state index contributed by atoms with van der Waals surface area (Å²) in [5, 5.41) is 12.3. The van der Waals surface area contributed by atoms with Gasteiger partial charge in [-0.15, -0.1) is 0 Å². The molecule has 2 N–H and O–H groups in total. The van der Waals surface area contributed by atoms with E-state index in [2.05, 4.69) is 5.32 Å². The summed E-state index contributed by atoms with van der Waals surface area (Å²) in [5.74, 6) is -1.86. The van der Waals surface area contributed by atoms with Crippen LogP contribution < -0.4 is 5.32 Å². The lowest BCUT2D eigenvalue weighted by molar-refractivity contribution is -0.143. The van der Waals surface area contributed by atoms with Gasteiger partial charge in [-0.2, -0.15) is 0 Å². The summed E-state index contributed by atoms with van der Waals surface area (Å²) in [7, 11) is 0. The second kappa shape index (κ2) is 11.3. The Labute approximate surface area is 196 Å². The normalized spacial score (nSPS) is 11.6. The molecular formula is C25H24ClNO6. The molecule has 8 heteroatoms. The number of esters is 1. The van der Waals surface area contributed by atoms with Crippen molar-refractivity contribution >= 4 is 29.4 Å². The van der Waals surface area contributed by atoms with Gasteiger partial charge in [0.25, 0.3) is 5.91 Å². The molecule has 0 radical (unpaired) electrons. The first-order chi connectivity index (χ1) is 15.8. The van der Waals surface area contributed by atoms with Gasteiger partial charge in [-0.3, -0.25) is 14.4 Å². The lowest BCUT2D eigenvalue weighted by Crippen LogP contribution is -2.38. The van der Waals surface area contributed by atoms with Gasteiger partial charge in [0.15, 0.2) is 5.76 Å². The average Bonchev–Trinajstić information content (AvgIpc) is 3.22. The fourth-order valence-corrected chi connectivity index (χ4v) is 3.57. The monoisotopic (exact) mass is 469 g/mol. The fourth-order valence-electron chi connectivity index (χ4n) is 3.38. The number of carbonyl (C=O) groups is 3. The standard InChI is InChI=1S/C25H24ClNO6/c1-2-32-24(30)14-20(27-25(31)22-11-10-21(33-22)15-23(28)29)12-16-6-8-17(9-7-16)18-4-3-5-19(26)13-18/h3-11,13,20H,2,12,14-15H2,1H3,(H,27,31)(H,28,29)/t20-/m1/s1. The highest BCUT2D eigenvalue weighted by atomic mass is 35.5. The molecule has 0 spiro atoms. The summed E-state index contributed by atoms with van der Waals surface area (Å²) in [4.78, 5) is 35.5. The van der Waals surface area contributed by atoms with Crippen molar-refractivity contribution in [1.82, 2.24) is 5.32 Å². The number of aliphatic carboxylic acids is 1. The van der Waals surface area contributed by atoms with E-state index in [1.54, 1.807) is 6.92 Å². The van der Waals surface area contributed by atoms with Gasteiger partial charge in [-0.1, -0.05) is 48.0 Å². The molecule has 33 heavy (non-hydrogen) atoms. The van der Waals surface area contributed by atoms with Crippen molar-refractivity contribution in [2.24, 2.45) is 0 Å². The number of hydrogen-bond donors (Lipinski definition) is 2. The maximum atomic E-state index is 12.6. The Kier molecular flexibility index (Phi) is 8.27. The lowest BCUT2D eigenvalue weighted by Gasteiger charge is -2.18. The van der Waals surface area contributed by atoms with Crippen molar-refractivity contribution in [2.45, 2.75) is 32.2 Å².